The van der Waals surface area contributed by atoms with Crippen LogP contribution in [0.3, 0.4) is 0 Å². The number of aliphatic hydroxyl groups excluding tert-OH is 1. The lowest BCUT2D eigenvalue weighted by atomic mass is 10.0. The van der Waals surface area contributed by atoms with Crippen LogP contribution in [0.1, 0.15) is 18.1 Å². The van der Waals surface area contributed by atoms with Gasteiger partial charge in [0.15, 0.2) is 11.6 Å². The van der Waals surface area contributed by atoms with E-state index in [4.69, 9.17) is 9.84 Å². The van der Waals surface area contributed by atoms with Crippen LogP contribution in [-0.2, 0) is 4.74 Å². The number of halogens is 2. The van der Waals surface area contributed by atoms with Gasteiger partial charge in [0.25, 0.3) is 0 Å². The van der Waals surface area contributed by atoms with Crippen molar-refractivity contribution in [3.63, 3.8) is 0 Å². The van der Waals surface area contributed by atoms with E-state index < -0.39 is 23.8 Å². The summed E-state index contributed by atoms with van der Waals surface area (Å²) in [5.41, 5.74) is 0.480. The van der Waals surface area contributed by atoms with E-state index in [1.807, 2.05) is 0 Å². The Kier molecular flexibility index (Phi) is 4.86. The normalized spacial score (nSPS) is 21.8. The van der Waals surface area contributed by atoms with Crippen molar-refractivity contribution >= 4 is 6.03 Å². The van der Waals surface area contributed by atoms with Crippen molar-refractivity contribution in [1.29, 1.82) is 0 Å². The maximum atomic E-state index is 13.2. The maximum absolute atomic E-state index is 13.2. The molecule has 3 N–H and O–H groups in total. The molecule has 1 aliphatic heterocycles. The van der Waals surface area contributed by atoms with Crippen molar-refractivity contribution in [2.45, 2.75) is 18.6 Å². The maximum Gasteiger partial charge on any atom is 0.315 e. The fraction of sp³-hybridized carbons (Fsp3) is 0.462. The van der Waals surface area contributed by atoms with Gasteiger partial charge in [0.2, 0.25) is 0 Å². The third-order valence-corrected chi connectivity index (χ3v) is 3.08. The van der Waals surface area contributed by atoms with E-state index in [0.29, 0.717) is 18.6 Å². The molecule has 1 aliphatic rings. The second-order valence-electron chi connectivity index (χ2n) is 4.48. The molecule has 0 bridgehead atoms. The Labute approximate surface area is 114 Å². The van der Waals surface area contributed by atoms with Gasteiger partial charge < -0.3 is 20.5 Å². The molecule has 0 radical (unpaired) electrons. The van der Waals surface area contributed by atoms with E-state index >= 15 is 0 Å². The van der Waals surface area contributed by atoms with Crippen LogP contribution < -0.4 is 10.6 Å². The molecule has 1 fully saturated rings. The molecule has 2 amide bonds. The summed E-state index contributed by atoms with van der Waals surface area (Å²) in [5, 5.41) is 13.8. The minimum atomic E-state index is -0.943. The van der Waals surface area contributed by atoms with Crippen LogP contribution in [-0.4, -0.2) is 36.9 Å². The summed E-state index contributed by atoms with van der Waals surface area (Å²) >= 11 is 0. The van der Waals surface area contributed by atoms with Crippen LogP contribution in [0.5, 0.6) is 0 Å². The molecule has 0 spiro atoms. The summed E-state index contributed by atoms with van der Waals surface area (Å²) in [6, 6.07) is 2.80. The van der Waals surface area contributed by atoms with E-state index in [-0.39, 0.29) is 19.2 Å². The summed E-state index contributed by atoms with van der Waals surface area (Å²) in [5.74, 6) is -1.86. The highest BCUT2D eigenvalue weighted by molar-refractivity contribution is 5.74. The summed E-state index contributed by atoms with van der Waals surface area (Å²) < 4.78 is 31.6. The zero-order valence-electron chi connectivity index (χ0n) is 10.7. The zero-order valence-corrected chi connectivity index (χ0v) is 10.7. The van der Waals surface area contributed by atoms with Crippen molar-refractivity contribution < 1.29 is 23.4 Å². The average molecular weight is 286 g/mol. The minimum absolute atomic E-state index is 0.148. The number of carbonyl (C=O) groups is 1. The topological polar surface area (TPSA) is 70.6 Å². The third-order valence-electron chi connectivity index (χ3n) is 3.08. The number of hydrogen-bond acceptors (Lipinski definition) is 3. The summed E-state index contributed by atoms with van der Waals surface area (Å²) in [7, 11) is 0. The average Bonchev–Trinajstić information content (AvgIpc) is 2.87. The largest absolute Gasteiger partial charge is 0.395 e. The Bertz CT molecular complexity index is 485. The minimum Gasteiger partial charge on any atom is -0.395 e. The number of carbonyl (C=O) groups excluding carboxylic acids is 1. The zero-order chi connectivity index (χ0) is 14.5. The first-order valence-electron chi connectivity index (χ1n) is 6.33. The predicted molar refractivity (Wildman–Crippen MR) is 67.1 cm³/mol. The smallest absolute Gasteiger partial charge is 0.315 e. The van der Waals surface area contributed by atoms with Gasteiger partial charge in [-0.2, -0.15) is 0 Å². The van der Waals surface area contributed by atoms with Gasteiger partial charge in [-0.15, -0.1) is 0 Å². The molecule has 1 aromatic carbocycles. The van der Waals surface area contributed by atoms with Crippen molar-refractivity contribution in [3.05, 3.63) is 35.4 Å². The number of nitrogens with one attached hydrogen (secondary N) is 2. The number of hydrogen-bond donors (Lipinski definition) is 3. The number of rotatable bonds is 4. The van der Waals surface area contributed by atoms with Gasteiger partial charge in [-0.1, -0.05) is 6.07 Å². The van der Waals surface area contributed by atoms with E-state index in [2.05, 4.69) is 10.6 Å². The molecule has 2 rings (SSSR count). The van der Waals surface area contributed by atoms with Crippen LogP contribution >= 0.6 is 0 Å². The lowest BCUT2D eigenvalue weighted by Gasteiger charge is -2.20. The second-order valence-corrected chi connectivity index (χ2v) is 4.48. The van der Waals surface area contributed by atoms with Crippen LogP contribution in [0.2, 0.25) is 0 Å². The van der Waals surface area contributed by atoms with Crippen LogP contribution in [0.25, 0.3) is 0 Å². The summed E-state index contributed by atoms with van der Waals surface area (Å²) in [4.78, 5) is 11.5. The van der Waals surface area contributed by atoms with Crippen LogP contribution in [0.15, 0.2) is 18.2 Å². The summed E-state index contributed by atoms with van der Waals surface area (Å²) in [6.07, 6.45) is 0.0703. The molecule has 0 aromatic heterocycles. The first-order chi connectivity index (χ1) is 9.61. The standard InChI is InChI=1S/C13H16F2N2O3/c14-9-2-1-8(7-10(9)15)12-11(3-6-20-12)17-13(19)16-4-5-18/h1-2,7,11-12,18H,3-6H2,(H2,16,17,19). The molecule has 110 valence electrons. The lowest BCUT2D eigenvalue weighted by molar-refractivity contribution is 0.0995. The molecule has 1 aromatic rings. The molecule has 2 unspecified atom stereocenters. The first kappa shape index (κ1) is 14.7. The van der Waals surface area contributed by atoms with Crippen molar-refractivity contribution in [2.24, 2.45) is 0 Å². The Balaban J connectivity index is 2.03. The van der Waals surface area contributed by atoms with Crippen molar-refractivity contribution in [1.82, 2.24) is 10.6 Å². The van der Waals surface area contributed by atoms with Gasteiger partial charge in [0.05, 0.1) is 12.6 Å². The number of ether oxygens (including phenoxy) is 1. The lowest BCUT2D eigenvalue weighted by Crippen LogP contribution is -2.44. The molecule has 1 saturated heterocycles. The van der Waals surface area contributed by atoms with Gasteiger partial charge >= 0.3 is 6.03 Å². The Morgan fingerprint density at radius 3 is 2.90 bits per heavy atom. The first-order valence-corrected chi connectivity index (χ1v) is 6.33. The molecule has 0 saturated carbocycles. The highest BCUT2D eigenvalue weighted by atomic mass is 19.2. The number of benzene rings is 1. The predicted octanol–water partition coefficient (Wildman–Crippen LogP) is 1.09. The molecule has 2 atom stereocenters. The van der Waals surface area contributed by atoms with Crippen molar-refractivity contribution in [2.75, 3.05) is 19.8 Å². The van der Waals surface area contributed by atoms with E-state index in [1.54, 1.807) is 0 Å². The molecule has 0 aliphatic carbocycles. The van der Waals surface area contributed by atoms with E-state index in [9.17, 15) is 13.6 Å². The Morgan fingerprint density at radius 1 is 1.40 bits per heavy atom. The van der Waals surface area contributed by atoms with Gasteiger partial charge in [-0.05, 0) is 24.1 Å². The molecule has 20 heavy (non-hydrogen) atoms. The monoisotopic (exact) mass is 286 g/mol. The summed E-state index contributed by atoms with van der Waals surface area (Å²) in [6.45, 7) is 0.422. The van der Waals surface area contributed by atoms with Gasteiger partial charge in [-0.25, -0.2) is 13.6 Å². The number of amides is 2. The molecule has 7 heteroatoms. The quantitative estimate of drug-likeness (QED) is 0.776. The molecule has 5 nitrogen and oxygen atoms in total. The van der Waals surface area contributed by atoms with Crippen molar-refractivity contribution in [3.8, 4) is 0 Å². The fourth-order valence-electron chi connectivity index (χ4n) is 2.14. The number of urea groups is 1. The third kappa shape index (κ3) is 3.43. The van der Waals surface area contributed by atoms with Crippen LogP contribution in [0.4, 0.5) is 13.6 Å². The highest BCUT2D eigenvalue weighted by Gasteiger charge is 2.31. The fourth-order valence-corrected chi connectivity index (χ4v) is 2.14. The molecular formula is C13H16F2N2O3. The number of aliphatic hydroxyl groups is 1. The van der Waals surface area contributed by atoms with Crippen LogP contribution in [0, 0.1) is 11.6 Å². The van der Waals surface area contributed by atoms with Gasteiger partial charge in [-0.3, -0.25) is 0 Å². The molecular weight excluding hydrogens is 270 g/mol. The Hall–Kier alpha value is -1.73. The van der Waals surface area contributed by atoms with Gasteiger partial charge in [0.1, 0.15) is 6.10 Å². The van der Waals surface area contributed by atoms with E-state index in [1.165, 1.54) is 6.07 Å². The molecule has 1 heterocycles. The second kappa shape index (κ2) is 6.62. The highest BCUT2D eigenvalue weighted by Crippen LogP contribution is 2.29. The van der Waals surface area contributed by atoms with Gasteiger partial charge in [0, 0.05) is 13.2 Å². The SMILES string of the molecule is O=C(NCCO)NC1CCOC1c1ccc(F)c(F)c1. The van der Waals surface area contributed by atoms with E-state index in [0.717, 1.165) is 12.1 Å². The Morgan fingerprint density at radius 2 is 2.20 bits per heavy atom.